The molecule has 1 aliphatic rings. The molecule has 3 rings (SSSR count). The summed E-state index contributed by atoms with van der Waals surface area (Å²) in [4.78, 5) is 15.8. The number of nitrogens with zero attached hydrogens (tertiary/aromatic N) is 2. The number of aromatic nitrogens is 1. The minimum Gasteiger partial charge on any atom is -0.481 e. The number of halogens is 2. The highest BCUT2D eigenvalue weighted by atomic mass is 35.5. The lowest BCUT2D eigenvalue weighted by atomic mass is 10.1. The van der Waals surface area contributed by atoms with Gasteiger partial charge in [-0.05, 0) is 75.3 Å². The van der Waals surface area contributed by atoms with Crippen molar-refractivity contribution in [3.8, 4) is 0 Å². The molecule has 1 aromatic heterocycles. The monoisotopic (exact) mass is 526 g/mol. The molecule has 1 unspecified atom stereocenters. The number of hydrazine groups is 1. The van der Waals surface area contributed by atoms with E-state index in [1.54, 1.807) is 44.2 Å². The third-order valence-electron chi connectivity index (χ3n) is 5.46. The molecule has 1 atom stereocenters. The van der Waals surface area contributed by atoms with Crippen molar-refractivity contribution in [1.82, 2.24) is 15.4 Å². The van der Waals surface area contributed by atoms with E-state index in [4.69, 9.17) is 16.3 Å². The Morgan fingerprint density at radius 1 is 1.27 bits per heavy atom. The summed E-state index contributed by atoms with van der Waals surface area (Å²) in [7, 11) is 0. The zero-order chi connectivity index (χ0) is 27.1. The van der Waals surface area contributed by atoms with Gasteiger partial charge in [0, 0.05) is 28.7 Å². The maximum absolute atomic E-state index is 14.8. The van der Waals surface area contributed by atoms with E-state index in [2.05, 4.69) is 15.8 Å². The highest BCUT2D eigenvalue weighted by Crippen LogP contribution is 2.23. The number of rotatable bonds is 9. The van der Waals surface area contributed by atoms with Crippen molar-refractivity contribution in [2.45, 2.75) is 41.2 Å². The van der Waals surface area contributed by atoms with Gasteiger partial charge in [0.05, 0.1) is 22.8 Å². The minimum absolute atomic E-state index is 0.104. The number of ether oxygens (including phenoxy) is 1. The van der Waals surface area contributed by atoms with E-state index in [1.165, 1.54) is 12.1 Å². The van der Waals surface area contributed by atoms with Crippen molar-refractivity contribution in [2.24, 2.45) is 16.8 Å². The summed E-state index contributed by atoms with van der Waals surface area (Å²) in [6.45, 7) is 10.0. The van der Waals surface area contributed by atoms with Crippen LogP contribution in [0.4, 0.5) is 4.39 Å². The number of hydrogen-bond acceptors (Lipinski definition) is 5. The lowest BCUT2D eigenvalue weighted by Gasteiger charge is -2.20. The van der Waals surface area contributed by atoms with Gasteiger partial charge in [-0.1, -0.05) is 31.5 Å². The number of allylic oxidation sites excluding steroid dienone is 5. The quantitative estimate of drug-likeness (QED) is 0.257. The van der Waals surface area contributed by atoms with Crippen LogP contribution in [-0.2, 0) is 16.1 Å². The second-order valence-corrected chi connectivity index (χ2v) is 9.56. The Morgan fingerprint density at radius 2 is 2.03 bits per heavy atom. The van der Waals surface area contributed by atoms with Crippen LogP contribution in [0.1, 0.15) is 40.2 Å². The Hall–Kier alpha value is -3.78. The topological polar surface area (TPSA) is 87.9 Å². The molecule has 0 fully saturated rings. The fourth-order valence-corrected chi connectivity index (χ4v) is 3.61. The van der Waals surface area contributed by atoms with Gasteiger partial charge in [0.15, 0.2) is 0 Å². The van der Waals surface area contributed by atoms with Crippen LogP contribution in [0.3, 0.4) is 0 Å². The largest absolute Gasteiger partial charge is 0.481 e. The van der Waals surface area contributed by atoms with Gasteiger partial charge in [0.1, 0.15) is 11.6 Å². The lowest BCUT2D eigenvalue weighted by Crippen LogP contribution is -2.41. The van der Waals surface area contributed by atoms with Crippen LogP contribution in [0.25, 0.3) is 17.0 Å². The first kappa shape index (κ1) is 27.8. The van der Waals surface area contributed by atoms with Crippen LogP contribution < -0.4 is 10.9 Å². The predicted octanol–water partition coefficient (Wildman–Crippen LogP) is 6.46. The van der Waals surface area contributed by atoms with E-state index in [9.17, 15) is 14.3 Å². The molecule has 1 aliphatic heterocycles. The summed E-state index contributed by atoms with van der Waals surface area (Å²) in [5.74, 6) is -1.50. The van der Waals surface area contributed by atoms with Gasteiger partial charge >= 0.3 is 12.0 Å². The first-order chi connectivity index (χ1) is 17.6. The van der Waals surface area contributed by atoms with E-state index in [-0.39, 0.29) is 17.8 Å². The summed E-state index contributed by atoms with van der Waals surface area (Å²) < 4.78 is 22.7. The van der Waals surface area contributed by atoms with E-state index in [0.717, 1.165) is 17.4 Å². The van der Waals surface area contributed by atoms with Crippen molar-refractivity contribution >= 4 is 40.6 Å². The second kappa shape index (κ2) is 12.5. The number of aliphatic carboxylic acids is 1. The Labute approximate surface area is 221 Å². The van der Waals surface area contributed by atoms with Gasteiger partial charge in [0.25, 0.3) is 0 Å². The van der Waals surface area contributed by atoms with Crippen LogP contribution in [0.15, 0.2) is 82.0 Å². The molecule has 0 amide bonds. The van der Waals surface area contributed by atoms with Crippen LogP contribution in [-0.4, -0.2) is 21.7 Å². The van der Waals surface area contributed by atoms with Crippen molar-refractivity contribution in [3.63, 3.8) is 0 Å². The van der Waals surface area contributed by atoms with Crippen LogP contribution in [0.2, 0.25) is 0 Å². The molecule has 3 N–H and O–H groups in total. The van der Waals surface area contributed by atoms with Gasteiger partial charge in [-0.3, -0.25) is 15.6 Å². The summed E-state index contributed by atoms with van der Waals surface area (Å²) in [5, 5.41) is 10.7. The molecular weight excluding hydrogens is 495 g/mol. The van der Waals surface area contributed by atoms with Gasteiger partial charge in [-0.2, -0.15) is 4.99 Å². The summed E-state index contributed by atoms with van der Waals surface area (Å²) in [6, 6.07) is 5.39. The molecule has 0 saturated heterocycles. The fourth-order valence-electron chi connectivity index (χ4n) is 3.50. The third kappa shape index (κ3) is 7.60. The Morgan fingerprint density at radius 3 is 2.68 bits per heavy atom. The maximum Gasteiger partial charge on any atom is 0.314 e. The molecule has 1 aromatic carbocycles. The number of hydrogen-bond donors (Lipinski definition) is 3. The molecule has 0 saturated carbocycles. The standard InChI is InChI=1S/C28H32ClFN4O3/c1-6-34-12-11-21-15-20(23(30)16-26(21)34)8-10-24-25(14-19(5)29)31-28(33-32-24)37-22(9-7-17(2)3)13-18(4)27(35)36/h7-18,32H,6H2,1-5H3,(H,31,33)(H,35,36)/b9-7-,10-8+,19-14+,22-13+. The smallest absolute Gasteiger partial charge is 0.314 e. The number of aliphatic imine (C=N–C) groups is 1. The van der Waals surface area contributed by atoms with E-state index in [1.807, 2.05) is 43.7 Å². The van der Waals surface area contributed by atoms with Crippen molar-refractivity contribution in [2.75, 3.05) is 0 Å². The zero-order valence-corrected chi connectivity index (χ0v) is 22.3. The van der Waals surface area contributed by atoms with Gasteiger partial charge in [-0.25, -0.2) is 4.39 Å². The number of carboxylic acid groups (broad SMARTS) is 1. The SMILES string of the molecule is CCn1ccc2cc(/C=C/C3=C(/C=C(\C)Cl)N=C(OC(/C=C\C(C)C)=C/C(C)C(=O)O)NN3)c(F)cc21. The number of aryl methyl sites for hydroxylation is 1. The fraction of sp³-hybridized carbons (Fsp3) is 0.286. The predicted molar refractivity (Wildman–Crippen MR) is 147 cm³/mol. The Kier molecular flexibility index (Phi) is 9.36. The van der Waals surface area contributed by atoms with Gasteiger partial charge in [-0.15, -0.1) is 0 Å². The van der Waals surface area contributed by atoms with E-state index < -0.39 is 11.9 Å². The zero-order valence-electron chi connectivity index (χ0n) is 21.5. The number of carbonyl (C=O) groups is 1. The molecule has 9 heteroatoms. The second-order valence-electron chi connectivity index (χ2n) is 8.97. The third-order valence-corrected chi connectivity index (χ3v) is 5.57. The number of benzene rings is 1. The molecule has 0 radical (unpaired) electrons. The van der Waals surface area contributed by atoms with Crippen molar-refractivity contribution in [1.29, 1.82) is 0 Å². The molecule has 37 heavy (non-hydrogen) atoms. The lowest BCUT2D eigenvalue weighted by molar-refractivity contribution is -0.139. The van der Waals surface area contributed by atoms with Crippen LogP contribution in [0, 0.1) is 17.7 Å². The van der Waals surface area contributed by atoms with Gasteiger partial charge in [0.2, 0.25) is 0 Å². The van der Waals surface area contributed by atoms with Crippen LogP contribution in [0.5, 0.6) is 0 Å². The molecule has 2 heterocycles. The van der Waals surface area contributed by atoms with Crippen LogP contribution >= 0.6 is 11.6 Å². The average Bonchev–Trinajstić information content (AvgIpc) is 3.22. The molecule has 0 spiro atoms. The summed E-state index contributed by atoms with van der Waals surface area (Å²) in [6.07, 6.45) is 12.0. The molecule has 0 aliphatic carbocycles. The van der Waals surface area contributed by atoms with E-state index in [0.29, 0.717) is 27.7 Å². The average molecular weight is 527 g/mol. The Balaban J connectivity index is 1.94. The highest BCUT2D eigenvalue weighted by Gasteiger charge is 2.16. The number of carboxylic acids is 1. The number of amidine groups is 1. The maximum atomic E-state index is 14.8. The molecule has 2 aromatic rings. The normalized spacial score (nSPS) is 15.9. The first-order valence-corrected chi connectivity index (χ1v) is 12.4. The molecular formula is C28H32ClFN4O3. The van der Waals surface area contributed by atoms with Crippen molar-refractivity contribution < 1.29 is 19.0 Å². The molecule has 7 nitrogen and oxygen atoms in total. The highest BCUT2D eigenvalue weighted by molar-refractivity contribution is 6.29. The number of fused-ring (bicyclic) bond motifs is 1. The number of nitrogens with one attached hydrogen (secondary N) is 2. The van der Waals surface area contributed by atoms with E-state index >= 15 is 0 Å². The summed E-state index contributed by atoms with van der Waals surface area (Å²) >= 11 is 6.14. The molecule has 0 bridgehead atoms. The summed E-state index contributed by atoms with van der Waals surface area (Å²) in [5.41, 5.74) is 8.13. The van der Waals surface area contributed by atoms with Gasteiger partial charge < -0.3 is 14.4 Å². The van der Waals surface area contributed by atoms with Crippen molar-refractivity contribution in [3.05, 3.63) is 88.3 Å². The minimum atomic E-state index is -0.971. The molecule has 196 valence electrons. The first-order valence-electron chi connectivity index (χ1n) is 12.0. The Bertz CT molecular complexity index is 1340.